The zero-order valence-corrected chi connectivity index (χ0v) is 19.3. The molecule has 1 saturated carbocycles. The smallest absolute Gasteiger partial charge is 0.234 e. The molecule has 0 spiro atoms. The number of aryl methyl sites for hydroxylation is 3. The van der Waals surface area contributed by atoms with E-state index in [4.69, 9.17) is 0 Å². The van der Waals surface area contributed by atoms with Gasteiger partial charge in [-0.25, -0.2) is 0 Å². The molecule has 1 amide bonds. The maximum Gasteiger partial charge on any atom is 0.234 e. The van der Waals surface area contributed by atoms with Crippen LogP contribution in [0.4, 0.5) is 0 Å². The average Bonchev–Trinajstić information content (AvgIpc) is 3.35. The third-order valence-corrected chi connectivity index (χ3v) is 7.21. The second-order valence-electron chi connectivity index (χ2n) is 9.74. The molecule has 2 aromatic rings. The van der Waals surface area contributed by atoms with E-state index in [1.807, 2.05) is 6.07 Å². The van der Waals surface area contributed by atoms with E-state index in [1.165, 1.54) is 24.0 Å². The summed E-state index contributed by atoms with van der Waals surface area (Å²) in [4.78, 5) is 29.6. The van der Waals surface area contributed by atoms with Crippen LogP contribution in [0.15, 0.2) is 24.3 Å². The number of benzene rings is 1. The van der Waals surface area contributed by atoms with E-state index in [1.54, 1.807) is 0 Å². The molecule has 2 fully saturated rings. The third-order valence-electron chi connectivity index (χ3n) is 7.21. The lowest BCUT2D eigenvalue weighted by atomic mass is 10.1. The molecule has 1 N–H and O–H groups in total. The summed E-state index contributed by atoms with van der Waals surface area (Å²) in [7, 11) is 0. The molecular formula is C26H34N4O2. The van der Waals surface area contributed by atoms with Crippen molar-refractivity contribution in [2.24, 2.45) is 0 Å². The standard InChI is InChI=1S/C26H34N4O2/c1-18-14-24(19(2)30(18)23-9-6-20-4-3-5-21(20)15-23)25(31)16-28-10-12-29(13-11-28)17-26(32)27-22-7-8-22/h6,9,14-15,22H,3-5,7-8,10-13,16-17H2,1-2H3,(H,27,32). The predicted molar refractivity (Wildman–Crippen MR) is 126 cm³/mol. The molecule has 0 radical (unpaired) electrons. The van der Waals surface area contributed by atoms with Crippen LogP contribution in [0.3, 0.4) is 0 Å². The van der Waals surface area contributed by atoms with Crippen molar-refractivity contribution in [1.82, 2.24) is 19.7 Å². The van der Waals surface area contributed by atoms with Crippen molar-refractivity contribution in [3.8, 4) is 5.69 Å². The van der Waals surface area contributed by atoms with Gasteiger partial charge in [0, 0.05) is 54.9 Å². The van der Waals surface area contributed by atoms with E-state index in [-0.39, 0.29) is 11.7 Å². The lowest BCUT2D eigenvalue weighted by molar-refractivity contribution is -0.122. The molecule has 1 aromatic carbocycles. The Hall–Kier alpha value is -2.44. The molecule has 5 rings (SSSR count). The second kappa shape index (κ2) is 8.83. The van der Waals surface area contributed by atoms with Crippen LogP contribution in [0.25, 0.3) is 5.69 Å². The molecule has 6 nitrogen and oxygen atoms in total. The Kier molecular flexibility index (Phi) is 5.91. The van der Waals surface area contributed by atoms with Gasteiger partial charge in [-0.05, 0) is 75.3 Å². The van der Waals surface area contributed by atoms with Gasteiger partial charge < -0.3 is 9.88 Å². The van der Waals surface area contributed by atoms with Crippen molar-refractivity contribution in [3.05, 3.63) is 52.3 Å². The van der Waals surface area contributed by atoms with Crippen LogP contribution in [0.1, 0.15) is 52.1 Å². The Morgan fingerprint density at radius 2 is 1.62 bits per heavy atom. The Morgan fingerprint density at radius 1 is 0.938 bits per heavy atom. The summed E-state index contributed by atoms with van der Waals surface area (Å²) < 4.78 is 2.22. The van der Waals surface area contributed by atoms with Crippen molar-refractivity contribution in [2.75, 3.05) is 39.3 Å². The second-order valence-corrected chi connectivity index (χ2v) is 9.74. The van der Waals surface area contributed by atoms with Crippen LogP contribution in [-0.4, -0.2) is 71.4 Å². The fourth-order valence-electron chi connectivity index (χ4n) is 5.24. The van der Waals surface area contributed by atoms with Crippen LogP contribution in [0.2, 0.25) is 0 Å². The van der Waals surface area contributed by atoms with E-state index in [9.17, 15) is 9.59 Å². The number of hydrogen-bond acceptors (Lipinski definition) is 4. The zero-order valence-electron chi connectivity index (χ0n) is 19.3. The van der Waals surface area contributed by atoms with Gasteiger partial charge in [0.05, 0.1) is 13.1 Å². The molecule has 0 atom stereocenters. The SMILES string of the molecule is Cc1cc(C(=O)CN2CCN(CC(=O)NC3CC3)CC2)c(C)n1-c1ccc2c(c1)CCC2. The van der Waals surface area contributed by atoms with Crippen LogP contribution in [-0.2, 0) is 17.6 Å². The van der Waals surface area contributed by atoms with Gasteiger partial charge in [0.2, 0.25) is 5.91 Å². The van der Waals surface area contributed by atoms with Crippen molar-refractivity contribution in [1.29, 1.82) is 0 Å². The highest BCUT2D eigenvalue weighted by atomic mass is 16.2. The fourth-order valence-corrected chi connectivity index (χ4v) is 5.24. The first-order chi connectivity index (χ1) is 15.5. The average molecular weight is 435 g/mol. The number of hydrogen-bond donors (Lipinski definition) is 1. The highest BCUT2D eigenvalue weighted by molar-refractivity contribution is 5.99. The summed E-state index contributed by atoms with van der Waals surface area (Å²) in [6.07, 6.45) is 5.82. The molecule has 0 bridgehead atoms. The van der Waals surface area contributed by atoms with Crippen LogP contribution in [0, 0.1) is 13.8 Å². The minimum atomic E-state index is 0.135. The summed E-state index contributed by atoms with van der Waals surface area (Å²) in [5.41, 5.74) is 7.05. The van der Waals surface area contributed by atoms with Gasteiger partial charge in [0.1, 0.15) is 0 Å². The molecule has 1 saturated heterocycles. The maximum absolute atomic E-state index is 13.2. The summed E-state index contributed by atoms with van der Waals surface area (Å²) in [5.74, 6) is 0.321. The Morgan fingerprint density at radius 3 is 2.34 bits per heavy atom. The lowest BCUT2D eigenvalue weighted by Crippen LogP contribution is -2.50. The predicted octanol–water partition coefficient (Wildman–Crippen LogP) is 2.66. The fraction of sp³-hybridized carbons (Fsp3) is 0.538. The molecule has 0 unspecified atom stereocenters. The van der Waals surface area contributed by atoms with Gasteiger partial charge in [-0.3, -0.25) is 19.4 Å². The molecule has 2 aliphatic carbocycles. The summed E-state index contributed by atoms with van der Waals surface area (Å²) in [6.45, 7) is 8.38. The van der Waals surface area contributed by atoms with E-state index in [2.05, 4.69) is 51.7 Å². The molecular weight excluding hydrogens is 400 g/mol. The first-order valence-corrected chi connectivity index (χ1v) is 12.1. The van der Waals surface area contributed by atoms with Gasteiger partial charge in [-0.15, -0.1) is 0 Å². The topological polar surface area (TPSA) is 57.6 Å². The number of rotatable bonds is 7. The number of carbonyl (C=O) groups excluding carboxylic acids is 2. The van der Waals surface area contributed by atoms with Crippen LogP contribution < -0.4 is 5.32 Å². The third kappa shape index (κ3) is 4.52. The van der Waals surface area contributed by atoms with E-state index < -0.39 is 0 Å². The molecule has 1 aromatic heterocycles. The molecule has 32 heavy (non-hydrogen) atoms. The number of carbonyl (C=O) groups is 2. The number of piperazine rings is 1. The number of Topliss-reactive ketones (excluding diaryl/α,β-unsaturated/α-hetero) is 1. The van der Waals surface area contributed by atoms with Crippen molar-refractivity contribution in [2.45, 2.75) is 52.0 Å². The number of fused-ring (bicyclic) bond motifs is 1. The van der Waals surface area contributed by atoms with Gasteiger partial charge in [0.15, 0.2) is 5.78 Å². The number of aromatic nitrogens is 1. The molecule has 170 valence electrons. The molecule has 3 aliphatic rings. The Labute approximate surface area is 190 Å². The van der Waals surface area contributed by atoms with Gasteiger partial charge >= 0.3 is 0 Å². The first-order valence-electron chi connectivity index (χ1n) is 12.1. The van der Waals surface area contributed by atoms with E-state index in [0.29, 0.717) is 19.1 Å². The Balaban J connectivity index is 1.20. The van der Waals surface area contributed by atoms with Crippen molar-refractivity contribution >= 4 is 11.7 Å². The normalized spacial score (nSPS) is 19.2. The minimum absolute atomic E-state index is 0.135. The van der Waals surface area contributed by atoms with Gasteiger partial charge in [0.25, 0.3) is 0 Å². The largest absolute Gasteiger partial charge is 0.352 e. The van der Waals surface area contributed by atoms with Gasteiger partial charge in [-0.1, -0.05) is 6.07 Å². The minimum Gasteiger partial charge on any atom is -0.352 e. The monoisotopic (exact) mass is 434 g/mol. The number of ketones is 1. The summed E-state index contributed by atoms with van der Waals surface area (Å²) >= 11 is 0. The molecule has 2 heterocycles. The summed E-state index contributed by atoms with van der Waals surface area (Å²) in [5, 5.41) is 3.06. The lowest BCUT2D eigenvalue weighted by Gasteiger charge is -2.33. The summed E-state index contributed by atoms with van der Waals surface area (Å²) in [6, 6.07) is 9.20. The quantitative estimate of drug-likeness (QED) is 0.681. The number of amides is 1. The van der Waals surface area contributed by atoms with Crippen LogP contribution >= 0.6 is 0 Å². The van der Waals surface area contributed by atoms with Crippen LogP contribution in [0.5, 0.6) is 0 Å². The van der Waals surface area contributed by atoms with E-state index in [0.717, 1.165) is 68.1 Å². The Bertz CT molecular complexity index is 1030. The van der Waals surface area contributed by atoms with E-state index >= 15 is 0 Å². The van der Waals surface area contributed by atoms with Gasteiger partial charge in [-0.2, -0.15) is 0 Å². The molecule has 6 heteroatoms. The number of nitrogens with one attached hydrogen (secondary N) is 1. The van der Waals surface area contributed by atoms with Crippen molar-refractivity contribution < 1.29 is 9.59 Å². The van der Waals surface area contributed by atoms with Crippen molar-refractivity contribution in [3.63, 3.8) is 0 Å². The maximum atomic E-state index is 13.2. The first kappa shape index (κ1) is 21.4. The molecule has 1 aliphatic heterocycles. The number of nitrogens with zero attached hydrogens (tertiary/aromatic N) is 3. The highest BCUT2D eigenvalue weighted by Gasteiger charge is 2.26. The zero-order chi connectivity index (χ0) is 22.2. The highest BCUT2D eigenvalue weighted by Crippen LogP contribution is 2.27.